The number of rotatable bonds is 7. The maximum Gasteiger partial charge on any atom is 0.119 e. The van der Waals surface area contributed by atoms with Crippen LogP contribution in [-0.4, -0.2) is 18.7 Å². The highest BCUT2D eigenvalue weighted by molar-refractivity contribution is 5.27. The third-order valence-corrected chi connectivity index (χ3v) is 3.02. The van der Waals surface area contributed by atoms with Gasteiger partial charge < -0.3 is 4.74 Å². The number of benzene rings is 1. The molecule has 1 unspecified atom stereocenters. The molecule has 3 nitrogen and oxygen atoms in total. The fraction of sp³-hybridized carbons (Fsp3) is 0.533. The van der Waals surface area contributed by atoms with Crippen molar-refractivity contribution in [1.82, 2.24) is 5.32 Å². The molecule has 0 saturated heterocycles. The summed E-state index contributed by atoms with van der Waals surface area (Å²) in [6.45, 7) is 7.36. The zero-order valence-corrected chi connectivity index (χ0v) is 11.5. The highest BCUT2D eigenvalue weighted by atomic mass is 16.5. The lowest BCUT2D eigenvalue weighted by molar-refractivity contribution is 0.269. The molecule has 0 radical (unpaired) electrons. The minimum absolute atomic E-state index is 0.502. The van der Waals surface area contributed by atoms with Crippen LogP contribution in [0.5, 0.6) is 5.75 Å². The Labute approximate surface area is 110 Å². The van der Waals surface area contributed by atoms with Crippen LogP contribution >= 0.6 is 0 Å². The molecule has 0 amide bonds. The topological polar surface area (TPSA) is 45.0 Å². The average molecular weight is 246 g/mol. The molecule has 0 aliphatic heterocycles. The van der Waals surface area contributed by atoms with Gasteiger partial charge >= 0.3 is 0 Å². The molecule has 0 fully saturated rings. The second-order valence-corrected chi connectivity index (χ2v) is 4.57. The summed E-state index contributed by atoms with van der Waals surface area (Å²) in [6, 6.07) is 10.4. The minimum Gasteiger partial charge on any atom is -0.493 e. The Morgan fingerprint density at radius 1 is 1.28 bits per heavy atom. The van der Waals surface area contributed by atoms with Gasteiger partial charge in [0.15, 0.2) is 0 Å². The standard InChI is InChI=1S/C15H22N2O/c1-4-13-6-8-14(9-7-13)18-11-10-15(3,12-16)17-5-2/h6-9,17H,4-5,10-11H2,1-3H3. The third kappa shape index (κ3) is 4.38. The van der Waals surface area contributed by atoms with E-state index in [0.29, 0.717) is 13.0 Å². The summed E-state index contributed by atoms with van der Waals surface area (Å²) in [5.74, 6) is 0.865. The molecule has 1 atom stereocenters. The first-order chi connectivity index (χ1) is 8.63. The van der Waals surface area contributed by atoms with E-state index in [0.717, 1.165) is 18.7 Å². The van der Waals surface area contributed by atoms with E-state index in [9.17, 15) is 0 Å². The molecule has 18 heavy (non-hydrogen) atoms. The number of nitriles is 1. The van der Waals surface area contributed by atoms with Gasteiger partial charge in [-0.2, -0.15) is 5.26 Å². The van der Waals surface area contributed by atoms with Gasteiger partial charge in [0.25, 0.3) is 0 Å². The minimum atomic E-state index is -0.502. The normalized spacial score (nSPS) is 13.7. The molecule has 0 spiro atoms. The first kappa shape index (κ1) is 14.5. The van der Waals surface area contributed by atoms with E-state index in [1.54, 1.807) is 0 Å². The lowest BCUT2D eigenvalue weighted by Gasteiger charge is -2.22. The fourth-order valence-corrected chi connectivity index (χ4v) is 1.77. The molecule has 0 aromatic heterocycles. The predicted molar refractivity (Wildman–Crippen MR) is 73.6 cm³/mol. The smallest absolute Gasteiger partial charge is 0.119 e. The first-order valence-electron chi connectivity index (χ1n) is 6.51. The number of aryl methyl sites for hydroxylation is 1. The number of ether oxygens (including phenoxy) is 1. The molecule has 0 heterocycles. The summed E-state index contributed by atoms with van der Waals surface area (Å²) < 4.78 is 5.66. The quantitative estimate of drug-likeness (QED) is 0.804. The molecule has 0 saturated carbocycles. The zero-order chi connectivity index (χ0) is 13.4. The fourth-order valence-electron chi connectivity index (χ4n) is 1.77. The van der Waals surface area contributed by atoms with Crippen molar-refractivity contribution in [3.8, 4) is 11.8 Å². The summed E-state index contributed by atoms with van der Waals surface area (Å²) in [4.78, 5) is 0. The summed E-state index contributed by atoms with van der Waals surface area (Å²) in [5.41, 5.74) is 0.801. The van der Waals surface area contributed by atoms with Crippen molar-refractivity contribution >= 4 is 0 Å². The Morgan fingerprint density at radius 3 is 2.44 bits per heavy atom. The van der Waals surface area contributed by atoms with Gasteiger partial charge in [-0.05, 0) is 37.6 Å². The van der Waals surface area contributed by atoms with Crippen LogP contribution < -0.4 is 10.1 Å². The SMILES string of the molecule is CCNC(C)(C#N)CCOc1ccc(CC)cc1. The van der Waals surface area contributed by atoms with Crippen molar-refractivity contribution in [2.24, 2.45) is 0 Å². The third-order valence-electron chi connectivity index (χ3n) is 3.02. The second kappa shape index (κ2) is 7.03. The van der Waals surface area contributed by atoms with Gasteiger partial charge in [0.1, 0.15) is 11.3 Å². The molecule has 1 rings (SSSR count). The summed E-state index contributed by atoms with van der Waals surface area (Å²) >= 11 is 0. The van der Waals surface area contributed by atoms with Gasteiger partial charge in [-0.25, -0.2) is 0 Å². The molecular weight excluding hydrogens is 224 g/mol. The van der Waals surface area contributed by atoms with E-state index >= 15 is 0 Å². The summed E-state index contributed by atoms with van der Waals surface area (Å²) in [5, 5.41) is 12.3. The predicted octanol–water partition coefficient (Wildman–Crippen LogP) is 2.91. The van der Waals surface area contributed by atoms with E-state index in [4.69, 9.17) is 10.00 Å². The van der Waals surface area contributed by atoms with Crippen LogP contribution in [-0.2, 0) is 6.42 Å². The molecular formula is C15H22N2O. The molecule has 98 valence electrons. The lowest BCUT2D eigenvalue weighted by atomic mass is 10.0. The van der Waals surface area contributed by atoms with Crippen LogP contribution in [0.4, 0.5) is 0 Å². The van der Waals surface area contributed by atoms with Crippen LogP contribution in [0.3, 0.4) is 0 Å². The van der Waals surface area contributed by atoms with E-state index in [1.165, 1.54) is 5.56 Å². The Hall–Kier alpha value is -1.53. The summed E-state index contributed by atoms with van der Waals surface area (Å²) in [7, 11) is 0. The van der Waals surface area contributed by atoms with E-state index in [2.05, 4.69) is 30.4 Å². The second-order valence-electron chi connectivity index (χ2n) is 4.57. The Bertz CT molecular complexity index is 394. The van der Waals surface area contributed by atoms with Gasteiger partial charge in [0.05, 0.1) is 12.7 Å². The van der Waals surface area contributed by atoms with Crippen molar-refractivity contribution in [3.63, 3.8) is 0 Å². The molecule has 1 aromatic carbocycles. The number of hydrogen-bond donors (Lipinski definition) is 1. The van der Waals surface area contributed by atoms with Crippen molar-refractivity contribution in [1.29, 1.82) is 5.26 Å². The van der Waals surface area contributed by atoms with Crippen LogP contribution in [0.25, 0.3) is 0 Å². The highest BCUT2D eigenvalue weighted by Gasteiger charge is 2.21. The maximum absolute atomic E-state index is 9.11. The van der Waals surface area contributed by atoms with E-state index in [-0.39, 0.29) is 0 Å². The van der Waals surface area contributed by atoms with Crippen LogP contribution in [0.1, 0.15) is 32.8 Å². The number of nitrogens with one attached hydrogen (secondary N) is 1. The van der Waals surface area contributed by atoms with Gasteiger partial charge in [-0.1, -0.05) is 26.0 Å². The number of hydrogen-bond acceptors (Lipinski definition) is 3. The molecule has 0 aliphatic carbocycles. The monoisotopic (exact) mass is 246 g/mol. The molecule has 3 heteroatoms. The van der Waals surface area contributed by atoms with Gasteiger partial charge in [0.2, 0.25) is 0 Å². The molecule has 0 aliphatic rings. The Morgan fingerprint density at radius 2 is 1.94 bits per heavy atom. The first-order valence-corrected chi connectivity index (χ1v) is 6.51. The van der Waals surface area contributed by atoms with Gasteiger partial charge in [0, 0.05) is 6.42 Å². The Kier molecular flexibility index (Phi) is 5.67. The highest BCUT2D eigenvalue weighted by Crippen LogP contribution is 2.14. The van der Waals surface area contributed by atoms with Crippen molar-refractivity contribution in [2.75, 3.05) is 13.2 Å². The Balaban J connectivity index is 2.43. The van der Waals surface area contributed by atoms with Crippen LogP contribution in [0.2, 0.25) is 0 Å². The van der Waals surface area contributed by atoms with Gasteiger partial charge in [-0.15, -0.1) is 0 Å². The number of nitrogens with zero attached hydrogens (tertiary/aromatic N) is 1. The van der Waals surface area contributed by atoms with Crippen molar-refractivity contribution in [3.05, 3.63) is 29.8 Å². The van der Waals surface area contributed by atoms with E-state index < -0.39 is 5.54 Å². The molecule has 1 aromatic rings. The van der Waals surface area contributed by atoms with Crippen LogP contribution in [0.15, 0.2) is 24.3 Å². The lowest BCUT2D eigenvalue weighted by Crippen LogP contribution is -2.42. The van der Waals surface area contributed by atoms with E-state index in [1.807, 2.05) is 26.0 Å². The summed E-state index contributed by atoms with van der Waals surface area (Å²) in [6.07, 6.45) is 1.71. The van der Waals surface area contributed by atoms with Gasteiger partial charge in [-0.3, -0.25) is 5.32 Å². The van der Waals surface area contributed by atoms with Crippen molar-refractivity contribution in [2.45, 2.75) is 39.2 Å². The largest absolute Gasteiger partial charge is 0.493 e. The average Bonchev–Trinajstić information content (AvgIpc) is 2.40. The van der Waals surface area contributed by atoms with Crippen molar-refractivity contribution < 1.29 is 4.74 Å². The zero-order valence-electron chi connectivity index (χ0n) is 11.5. The molecule has 0 bridgehead atoms. The maximum atomic E-state index is 9.11. The molecule has 1 N–H and O–H groups in total. The van der Waals surface area contributed by atoms with Crippen LogP contribution in [0, 0.1) is 11.3 Å².